The molecule has 6 heteroatoms. The third kappa shape index (κ3) is 2.32. The van der Waals surface area contributed by atoms with E-state index in [4.69, 9.17) is 4.74 Å². The monoisotopic (exact) mass is 317 g/mol. The highest BCUT2D eigenvalue weighted by atomic mass is 79.9. The molecule has 0 atom stereocenters. The van der Waals surface area contributed by atoms with Gasteiger partial charge in [0.15, 0.2) is 16.6 Å². The van der Waals surface area contributed by atoms with Crippen molar-refractivity contribution in [1.29, 1.82) is 0 Å². The molecule has 0 bridgehead atoms. The van der Waals surface area contributed by atoms with Crippen LogP contribution in [0.4, 0.5) is 5.69 Å². The second kappa shape index (κ2) is 4.34. The lowest BCUT2D eigenvalue weighted by Crippen LogP contribution is -2.18. The predicted molar refractivity (Wildman–Crippen MR) is 69.6 cm³/mol. The quantitative estimate of drug-likeness (QED) is 0.840. The topological polar surface area (TPSA) is 46.6 Å². The fourth-order valence-electron chi connectivity index (χ4n) is 1.73. The molecule has 0 amide bonds. The molecule has 0 radical (unpaired) electrons. The first-order valence-corrected chi connectivity index (χ1v) is 7.64. The number of sulfone groups is 1. The Morgan fingerprint density at radius 2 is 2.12 bits per heavy atom. The van der Waals surface area contributed by atoms with Crippen molar-refractivity contribution in [2.75, 3.05) is 17.9 Å². The van der Waals surface area contributed by atoms with Crippen LogP contribution in [0.15, 0.2) is 34.0 Å². The average Bonchev–Trinajstić information content (AvgIpc) is 2.73. The SMILES string of the molecule is Cc1c(Br)ccc(S(C)(=O)=O)c1N1C=COC1. The van der Waals surface area contributed by atoms with E-state index in [1.165, 1.54) is 6.26 Å². The summed E-state index contributed by atoms with van der Waals surface area (Å²) in [6, 6.07) is 3.35. The van der Waals surface area contributed by atoms with Gasteiger partial charge in [-0.1, -0.05) is 15.9 Å². The van der Waals surface area contributed by atoms with Crippen molar-refractivity contribution in [1.82, 2.24) is 0 Å². The summed E-state index contributed by atoms with van der Waals surface area (Å²) in [4.78, 5) is 2.09. The molecule has 1 aromatic carbocycles. The van der Waals surface area contributed by atoms with Gasteiger partial charge in [-0.3, -0.25) is 0 Å². The molecule has 0 aromatic heterocycles. The summed E-state index contributed by atoms with van der Waals surface area (Å²) < 4.78 is 29.5. The molecular weight excluding hydrogens is 306 g/mol. The third-order valence-electron chi connectivity index (χ3n) is 2.57. The average molecular weight is 318 g/mol. The molecule has 0 unspecified atom stereocenters. The number of hydrogen-bond acceptors (Lipinski definition) is 4. The zero-order valence-corrected chi connectivity index (χ0v) is 11.9. The number of halogens is 1. The van der Waals surface area contributed by atoms with Crippen molar-refractivity contribution >= 4 is 31.5 Å². The lowest BCUT2D eigenvalue weighted by atomic mass is 10.2. The van der Waals surface area contributed by atoms with Crippen LogP contribution >= 0.6 is 15.9 Å². The highest BCUT2D eigenvalue weighted by Crippen LogP contribution is 2.35. The van der Waals surface area contributed by atoms with Gasteiger partial charge in [0.2, 0.25) is 0 Å². The summed E-state index contributed by atoms with van der Waals surface area (Å²) in [5.74, 6) is 0. The molecule has 92 valence electrons. The van der Waals surface area contributed by atoms with Crippen LogP contribution in [0.1, 0.15) is 5.56 Å². The standard InChI is InChI=1S/C11H12BrNO3S/c1-8-9(12)3-4-10(17(2,14)15)11(8)13-5-6-16-7-13/h3-6H,7H2,1-2H3. The maximum absolute atomic E-state index is 11.8. The molecule has 1 heterocycles. The maximum Gasteiger partial charge on any atom is 0.177 e. The minimum Gasteiger partial charge on any atom is -0.479 e. The summed E-state index contributed by atoms with van der Waals surface area (Å²) in [5.41, 5.74) is 1.54. The van der Waals surface area contributed by atoms with Crippen molar-refractivity contribution in [3.8, 4) is 0 Å². The number of nitrogens with zero attached hydrogens (tertiary/aromatic N) is 1. The van der Waals surface area contributed by atoms with E-state index in [-0.39, 0.29) is 0 Å². The van der Waals surface area contributed by atoms with Gasteiger partial charge in [-0.2, -0.15) is 0 Å². The van der Waals surface area contributed by atoms with Crippen molar-refractivity contribution in [2.45, 2.75) is 11.8 Å². The molecule has 0 spiro atoms. The van der Waals surface area contributed by atoms with E-state index in [9.17, 15) is 8.42 Å². The Kier molecular flexibility index (Phi) is 3.18. The van der Waals surface area contributed by atoms with Gasteiger partial charge >= 0.3 is 0 Å². The summed E-state index contributed by atoms with van der Waals surface area (Å²) in [5, 5.41) is 0. The summed E-state index contributed by atoms with van der Waals surface area (Å²) in [6.45, 7) is 2.21. The zero-order chi connectivity index (χ0) is 12.6. The molecule has 0 fully saturated rings. The normalized spacial score (nSPS) is 15.1. The van der Waals surface area contributed by atoms with Crippen molar-refractivity contribution in [3.63, 3.8) is 0 Å². The molecule has 0 aliphatic carbocycles. The van der Waals surface area contributed by atoms with Gasteiger partial charge < -0.3 is 9.64 Å². The van der Waals surface area contributed by atoms with E-state index >= 15 is 0 Å². The summed E-state index contributed by atoms with van der Waals surface area (Å²) in [6.07, 6.45) is 4.48. The fraction of sp³-hybridized carbons (Fsp3) is 0.273. The second-order valence-corrected chi connectivity index (χ2v) is 6.68. The number of benzene rings is 1. The molecule has 0 saturated heterocycles. The lowest BCUT2D eigenvalue weighted by Gasteiger charge is -2.20. The van der Waals surface area contributed by atoms with Crippen LogP contribution < -0.4 is 4.90 Å². The van der Waals surface area contributed by atoms with Gasteiger partial charge in [-0.15, -0.1) is 0 Å². The van der Waals surface area contributed by atoms with Gasteiger partial charge in [0.1, 0.15) is 6.26 Å². The first kappa shape index (κ1) is 12.4. The number of anilines is 1. The second-order valence-electron chi connectivity index (χ2n) is 3.84. The van der Waals surface area contributed by atoms with E-state index in [0.29, 0.717) is 17.3 Å². The molecule has 0 saturated carbocycles. The summed E-state index contributed by atoms with van der Waals surface area (Å²) >= 11 is 3.41. The van der Waals surface area contributed by atoms with Crippen molar-refractivity contribution < 1.29 is 13.2 Å². The van der Waals surface area contributed by atoms with Crippen LogP contribution in [-0.4, -0.2) is 21.4 Å². The molecule has 1 aliphatic rings. The largest absolute Gasteiger partial charge is 0.479 e. The van der Waals surface area contributed by atoms with Crippen LogP contribution in [0.3, 0.4) is 0 Å². The number of rotatable bonds is 2. The first-order valence-electron chi connectivity index (χ1n) is 4.95. The van der Waals surface area contributed by atoms with Crippen LogP contribution in [0.2, 0.25) is 0 Å². The lowest BCUT2D eigenvalue weighted by molar-refractivity contribution is 0.281. The highest BCUT2D eigenvalue weighted by Gasteiger charge is 2.22. The van der Waals surface area contributed by atoms with Crippen molar-refractivity contribution in [2.24, 2.45) is 0 Å². The maximum atomic E-state index is 11.8. The minimum absolute atomic E-state index is 0.313. The van der Waals surface area contributed by atoms with Gasteiger partial charge in [-0.05, 0) is 24.6 Å². The van der Waals surface area contributed by atoms with Gasteiger partial charge in [0.25, 0.3) is 0 Å². The van der Waals surface area contributed by atoms with Crippen LogP contribution in [0.25, 0.3) is 0 Å². The van der Waals surface area contributed by atoms with Gasteiger partial charge in [-0.25, -0.2) is 8.42 Å². The Labute approximate surface area is 109 Å². The van der Waals surface area contributed by atoms with Crippen molar-refractivity contribution in [3.05, 3.63) is 34.6 Å². The molecule has 4 nitrogen and oxygen atoms in total. The fourth-order valence-corrected chi connectivity index (χ4v) is 2.99. The molecule has 2 rings (SSSR count). The van der Waals surface area contributed by atoms with E-state index in [2.05, 4.69) is 15.9 Å². The molecule has 1 aromatic rings. The Balaban J connectivity index is 2.68. The van der Waals surface area contributed by atoms with E-state index < -0.39 is 9.84 Å². The number of ether oxygens (including phenoxy) is 1. The van der Waals surface area contributed by atoms with E-state index in [1.54, 1.807) is 29.5 Å². The first-order chi connectivity index (χ1) is 7.91. The van der Waals surface area contributed by atoms with E-state index in [0.717, 1.165) is 10.0 Å². The smallest absolute Gasteiger partial charge is 0.177 e. The van der Waals surface area contributed by atoms with Crippen LogP contribution in [-0.2, 0) is 14.6 Å². The molecule has 0 N–H and O–H groups in total. The highest BCUT2D eigenvalue weighted by molar-refractivity contribution is 9.10. The Morgan fingerprint density at radius 1 is 1.41 bits per heavy atom. The van der Waals surface area contributed by atoms with Crippen LogP contribution in [0, 0.1) is 6.92 Å². The molecular formula is C11H12BrNO3S. The molecule has 1 aliphatic heterocycles. The minimum atomic E-state index is -3.26. The van der Waals surface area contributed by atoms with E-state index in [1.807, 2.05) is 6.92 Å². The Morgan fingerprint density at radius 3 is 2.65 bits per heavy atom. The van der Waals surface area contributed by atoms with Gasteiger partial charge in [0.05, 0.1) is 10.6 Å². The van der Waals surface area contributed by atoms with Crippen LogP contribution in [0.5, 0.6) is 0 Å². The third-order valence-corrected chi connectivity index (χ3v) is 4.55. The summed E-state index contributed by atoms with van der Waals surface area (Å²) in [7, 11) is -3.26. The molecule has 17 heavy (non-hydrogen) atoms. The Bertz CT molecular complexity index is 581. The van der Waals surface area contributed by atoms with Gasteiger partial charge in [0, 0.05) is 16.9 Å². The zero-order valence-electron chi connectivity index (χ0n) is 9.47. The predicted octanol–water partition coefficient (Wildman–Crippen LogP) is 2.43. The Hall–Kier alpha value is -1.01. The number of hydrogen-bond donors (Lipinski definition) is 0.